The Hall–Kier alpha value is -1.46. The SMILES string of the molecule is C=C=CCc1ccccc1O. The van der Waals surface area contributed by atoms with Crippen molar-refractivity contribution in [1.29, 1.82) is 0 Å². The number of benzene rings is 1. The number of hydrogen-bond donors (Lipinski definition) is 1. The molecule has 0 saturated carbocycles. The van der Waals surface area contributed by atoms with E-state index < -0.39 is 0 Å². The first-order chi connectivity index (χ1) is 5.34. The lowest BCUT2D eigenvalue weighted by Gasteiger charge is -1.97. The molecule has 0 aliphatic rings. The molecule has 1 nitrogen and oxygen atoms in total. The molecule has 0 spiro atoms. The Morgan fingerprint density at radius 1 is 1.45 bits per heavy atom. The summed E-state index contributed by atoms with van der Waals surface area (Å²) in [6.07, 6.45) is 2.48. The third kappa shape index (κ3) is 1.99. The van der Waals surface area contributed by atoms with Crippen LogP contribution in [-0.2, 0) is 6.42 Å². The Morgan fingerprint density at radius 2 is 2.18 bits per heavy atom. The molecular formula is C10H10O. The number of hydrogen-bond acceptors (Lipinski definition) is 1. The van der Waals surface area contributed by atoms with E-state index in [0.717, 1.165) is 5.56 Å². The van der Waals surface area contributed by atoms with Crippen LogP contribution in [0.25, 0.3) is 0 Å². The molecule has 0 amide bonds. The molecule has 0 fully saturated rings. The van der Waals surface area contributed by atoms with Gasteiger partial charge in [-0.3, -0.25) is 0 Å². The number of allylic oxidation sites excluding steroid dienone is 1. The summed E-state index contributed by atoms with van der Waals surface area (Å²) in [5.41, 5.74) is 3.56. The summed E-state index contributed by atoms with van der Waals surface area (Å²) >= 11 is 0. The van der Waals surface area contributed by atoms with E-state index in [1.54, 1.807) is 18.2 Å². The van der Waals surface area contributed by atoms with Crippen molar-refractivity contribution < 1.29 is 5.11 Å². The van der Waals surface area contributed by atoms with Crippen LogP contribution in [0.3, 0.4) is 0 Å². The second kappa shape index (κ2) is 3.65. The van der Waals surface area contributed by atoms with Gasteiger partial charge in [0.25, 0.3) is 0 Å². The van der Waals surface area contributed by atoms with E-state index in [9.17, 15) is 5.11 Å². The van der Waals surface area contributed by atoms with Crippen molar-refractivity contribution in [2.24, 2.45) is 0 Å². The maximum absolute atomic E-state index is 9.27. The molecule has 11 heavy (non-hydrogen) atoms. The fourth-order valence-corrected chi connectivity index (χ4v) is 0.866. The fourth-order valence-electron chi connectivity index (χ4n) is 0.866. The third-order valence-electron chi connectivity index (χ3n) is 1.46. The Bertz CT molecular complexity index is 283. The van der Waals surface area contributed by atoms with Crippen LogP contribution in [0.5, 0.6) is 5.75 Å². The predicted octanol–water partition coefficient (Wildman–Crippen LogP) is 2.28. The van der Waals surface area contributed by atoms with Crippen LogP contribution in [0, 0.1) is 0 Å². The van der Waals surface area contributed by atoms with Crippen LogP contribution in [0.4, 0.5) is 0 Å². The van der Waals surface area contributed by atoms with Crippen LogP contribution < -0.4 is 0 Å². The van der Waals surface area contributed by atoms with Gasteiger partial charge >= 0.3 is 0 Å². The highest BCUT2D eigenvalue weighted by atomic mass is 16.3. The quantitative estimate of drug-likeness (QED) is 0.634. The Labute approximate surface area is 66.3 Å². The molecule has 0 bridgehead atoms. The van der Waals surface area contributed by atoms with E-state index in [0.29, 0.717) is 12.2 Å². The molecule has 0 saturated heterocycles. The lowest BCUT2D eigenvalue weighted by molar-refractivity contribution is 0.470. The molecule has 0 radical (unpaired) electrons. The number of aromatic hydroxyl groups is 1. The predicted molar refractivity (Wildman–Crippen MR) is 45.5 cm³/mol. The number of phenols is 1. The number of para-hydroxylation sites is 1. The van der Waals surface area contributed by atoms with Crippen molar-refractivity contribution in [3.63, 3.8) is 0 Å². The van der Waals surface area contributed by atoms with Crippen LogP contribution in [-0.4, -0.2) is 5.11 Å². The van der Waals surface area contributed by atoms with Crippen molar-refractivity contribution in [3.8, 4) is 5.75 Å². The zero-order valence-electron chi connectivity index (χ0n) is 6.25. The summed E-state index contributed by atoms with van der Waals surface area (Å²) in [7, 11) is 0. The Balaban J connectivity index is 2.85. The maximum Gasteiger partial charge on any atom is 0.119 e. The van der Waals surface area contributed by atoms with Gasteiger partial charge in [0.15, 0.2) is 0 Å². The van der Waals surface area contributed by atoms with Gasteiger partial charge in [0, 0.05) is 6.42 Å². The minimum absolute atomic E-state index is 0.332. The highest BCUT2D eigenvalue weighted by molar-refractivity contribution is 5.33. The van der Waals surface area contributed by atoms with E-state index in [-0.39, 0.29) is 0 Å². The van der Waals surface area contributed by atoms with Gasteiger partial charge in [-0.15, -0.1) is 5.73 Å². The van der Waals surface area contributed by atoms with Gasteiger partial charge in [-0.05, 0) is 17.7 Å². The highest BCUT2D eigenvalue weighted by Crippen LogP contribution is 2.15. The molecule has 1 aromatic carbocycles. The van der Waals surface area contributed by atoms with Crippen molar-refractivity contribution in [1.82, 2.24) is 0 Å². The van der Waals surface area contributed by atoms with E-state index in [1.807, 2.05) is 12.1 Å². The summed E-state index contributed by atoms with van der Waals surface area (Å²) in [5.74, 6) is 0.332. The van der Waals surface area contributed by atoms with E-state index in [1.165, 1.54) is 0 Å². The second-order valence-electron chi connectivity index (χ2n) is 2.24. The molecule has 0 aliphatic heterocycles. The lowest BCUT2D eigenvalue weighted by Crippen LogP contribution is -1.79. The molecule has 56 valence electrons. The second-order valence-corrected chi connectivity index (χ2v) is 2.24. The summed E-state index contributed by atoms with van der Waals surface area (Å²) < 4.78 is 0. The summed E-state index contributed by atoms with van der Waals surface area (Å²) in [4.78, 5) is 0. The minimum atomic E-state index is 0.332. The molecule has 0 aromatic heterocycles. The van der Waals surface area contributed by atoms with Gasteiger partial charge in [-0.25, -0.2) is 0 Å². The first-order valence-electron chi connectivity index (χ1n) is 3.45. The van der Waals surface area contributed by atoms with Gasteiger partial charge in [0.05, 0.1) is 0 Å². The average molecular weight is 146 g/mol. The zero-order valence-corrected chi connectivity index (χ0v) is 6.25. The highest BCUT2D eigenvalue weighted by Gasteiger charge is 1.94. The molecular weight excluding hydrogens is 136 g/mol. The van der Waals surface area contributed by atoms with Gasteiger partial charge in [0.1, 0.15) is 5.75 Å². The average Bonchev–Trinajstić information content (AvgIpc) is 2.03. The van der Waals surface area contributed by atoms with Gasteiger partial charge in [-0.1, -0.05) is 24.8 Å². The zero-order chi connectivity index (χ0) is 8.10. The molecule has 0 unspecified atom stereocenters. The van der Waals surface area contributed by atoms with E-state index in [2.05, 4.69) is 12.3 Å². The number of rotatable bonds is 2. The van der Waals surface area contributed by atoms with Gasteiger partial charge in [-0.2, -0.15) is 0 Å². The van der Waals surface area contributed by atoms with Crippen molar-refractivity contribution in [2.45, 2.75) is 6.42 Å². The van der Waals surface area contributed by atoms with E-state index >= 15 is 0 Å². The normalized spacial score (nSPS) is 8.73. The standard InChI is InChI=1S/C10H10O/c1-2-3-6-9-7-4-5-8-10(9)11/h3-5,7-8,11H,1,6H2. The van der Waals surface area contributed by atoms with E-state index in [4.69, 9.17) is 0 Å². The minimum Gasteiger partial charge on any atom is -0.508 e. The first kappa shape index (κ1) is 7.64. The summed E-state index contributed by atoms with van der Waals surface area (Å²) in [6, 6.07) is 7.25. The topological polar surface area (TPSA) is 20.2 Å². The smallest absolute Gasteiger partial charge is 0.119 e. The number of phenolic OH excluding ortho intramolecular Hbond substituents is 1. The van der Waals surface area contributed by atoms with Gasteiger partial charge < -0.3 is 5.11 Å². The molecule has 1 N–H and O–H groups in total. The molecule has 0 atom stereocenters. The van der Waals surface area contributed by atoms with Crippen molar-refractivity contribution in [2.75, 3.05) is 0 Å². The van der Waals surface area contributed by atoms with Crippen LogP contribution in [0.2, 0.25) is 0 Å². The van der Waals surface area contributed by atoms with Crippen molar-refractivity contribution >= 4 is 0 Å². The van der Waals surface area contributed by atoms with Crippen LogP contribution in [0.15, 0.2) is 42.7 Å². The lowest BCUT2D eigenvalue weighted by atomic mass is 10.1. The summed E-state index contributed by atoms with van der Waals surface area (Å²) in [6.45, 7) is 3.44. The molecule has 1 heteroatoms. The summed E-state index contributed by atoms with van der Waals surface area (Å²) in [5, 5.41) is 9.27. The van der Waals surface area contributed by atoms with Gasteiger partial charge in [0.2, 0.25) is 0 Å². The first-order valence-corrected chi connectivity index (χ1v) is 3.45. The Morgan fingerprint density at radius 3 is 2.82 bits per heavy atom. The molecule has 1 aromatic rings. The fraction of sp³-hybridized carbons (Fsp3) is 0.100. The monoisotopic (exact) mass is 146 g/mol. The maximum atomic E-state index is 9.27. The third-order valence-corrected chi connectivity index (χ3v) is 1.46. The largest absolute Gasteiger partial charge is 0.508 e. The van der Waals surface area contributed by atoms with Crippen molar-refractivity contribution in [3.05, 3.63) is 48.2 Å². The van der Waals surface area contributed by atoms with Crippen LogP contribution >= 0.6 is 0 Å². The molecule has 0 heterocycles. The molecule has 1 rings (SSSR count). The Kier molecular flexibility index (Phi) is 2.53. The molecule has 0 aliphatic carbocycles. The van der Waals surface area contributed by atoms with Crippen LogP contribution in [0.1, 0.15) is 5.56 Å².